The van der Waals surface area contributed by atoms with Gasteiger partial charge >= 0.3 is 0 Å². The molecule has 1 rings (SSSR count). The Kier molecular flexibility index (Phi) is 3.37. The summed E-state index contributed by atoms with van der Waals surface area (Å²) in [7, 11) is 0. The predicted molar refractivity (Wildman–Crippen MR) is 48.9 cm³/mol. The molecule has 3 heteroatoms. The minimum Gasteiger partial charge on any atom is -0.315 e. The zero-order valence-electron chi connectivity index (χ0n) is 6.86. The fraction of sp³-hybridized carbons (Fsp3) is 0.750. The van der Waals surface area contributed by atoms with Crippen LogP contribution >= 0.6 is 11.6 Å². The summed E-state index contributed by atoms with van der Waals surface area (Å²) in [4.78, 5) is 0. The topological polar surface area (TPSA) is 24.1 Å². The van der Waals surface area contributed by atoms with Crippen molar-refractivity contribution in [1.29, 1.82) is 0 Å². The lowest BCUT2D eigenvalue weighted by Gasteiger charge is -2.23. The first-order valence-electron chi connectivity index (χ1n) is 3.98. The minimum absolute atomic E-state index is 0.274. The van der Waals surface area contributed by atoms with E-state index in [1.165, 1.54) is 6.42 Å². The van der Waals surface area contributed by atoms with Crippen molar-refractivity contribution in [1.82, 2.24) is 10.6 Å². The highest BCUT2D eigenvalue weighted by Crippen LogP contribution is 2.12. The fourth-order valence-electron chi connectivity index (χ4n) is 1.32. The van der Waals surface area contributed by atoms with Gasteiger partial charge in [-0.15, -0.1) is 0 Å². The fourth-order valence-corrected chi connectivity index (χ4v) is 1.41. The molecule has 1 aliphatic heterocycles. The van der Waals surface area contributed by atoms with Crippen molar-refractivity contribution in [2.24, 2.45) is 0 Å². The monoisotopic (exact) mass is 174 g/mol. The van der Waals surface area contributed by atoms with E-state index in [0.29, 0.717) is 0 Å². The smallest absolute Gasteiger partial charge is 0.0292 e. The lowest BCUT2D eigenvalue weighted by atomic mass is 10.0. The summed E-state index contributed by atoms with van der Waals surface area (Å²) in [5, 5.41) is 6.75. The molecule has 0 aromatic rings. The molecule has 1 heterocycles. The Morgan fingerprint density at radius 3 is 3.09 bits per heavy atom. The highest BCUT2D eigenvalue weighted by atomic mass is 35.5. The quantitative estimate of drug-likeness (QED) is 0.669. The molecule has 11 heavy (non-hydrogen) atoms. The first-order valence-corrected chi connectivity index (χ1v) is 4.41. The van der Waals surface area contributed by atoms with Gasteiger partial charge in [0.15, 0.2) is 0 Å². The normalized spacial score (nSPS) is 31.8. The first-order chi connectivity index (χ1) is 5.27. The third-order valence-electron chi connectivity index (χ3n) is 2.10. The van der Waals surface area contributed by atoms with Crippen LogP contribution in [-0.2, 0) is 0 Å². The summed E-state index contributed by atoms with van der Waals surface area (Å²) in [6.07, 6.45) is 3.12. The van der Waals surface area contributed by atoms with E-state index in [0.717, 1.165) is 19.6 Å². The van der Waals surface area contributed by atoms with Crippen molar-refractivity contribution in [2.45, 2.75) is 18.9 Å². The maximum atomic E-state index is 5.40. The van der Waals surface area contributed by atoms with E-state index in [-0.39, 0.29) is 5.54 Å². The van der Waals surface area contributed by atoms with Crippen molar-refractivity contribution in [2.75, 3.05) is 19.6 Å². The highest BCUT2D eigenvalue weighted by molar-refractivity contribution is 6.25. The zero-order valence-corrected chi connectivity index (χ0v) is 7.62. The molecule has 0 aromatic heterocycles. The number of rotatable bonds is 3. The molecule has 1 saturated heterocycles. The Morgan fingerprint density at radius 1 is 1.73 bits per heavy atom. The van der Waals surface area contributed by atoms with Gasteiger partial charge in [0.1, 0.15) is 0 Å². The molecule has 0 amide bonds. The molecule has 0 aromatic carbocycles. The maximum Gasteiger partial charge on any atom is 0.0292 e. The third-order valence-corrected chi connectivity index (χ3v) is 2.28. The van der Waals surface area contributed by atoms with Crippen LogP contribution in [0.4, 0.5) is 0 Å². The summed E-state index contributed by atoms with van der Waals surface area (Å²) < 4.78 is 0. The van der Waals surface area contributed by atoms with Crippen LogP contribution in [0.3, 0.4) is 0 Å². The molecule has 2 N–H and O–H groups in total. The first kappa shape index (κ1) is 9.04. The summed E-state index contributed by atoms with van der Waals surface area (Å²) in [6, 6.07) is 0. The van der Waals surface area contributed by atoms with Crippen molar-refractivity contribution >= 4 is 11.6 Å². The molecule has 0 aliphatic carbocycles. The molecule has 0 saturated carbocycles. The minimum atomic E-state index is 0.274. The van der Waals surface area contributed by atoms with Crippen molar-refractivity contribution in [3.8, 4) is 0 Å². The second-order valence-corrected chi connectivity index (χ2v) is 3.48. The number of hydrogen-bond donors (Lipinski definition) is 2. The zero-order chi connectivity index (χ0) is 8.16. The van der Waals surface area contributed by atoms with Crippen LogP contribution in [0.15, 0.2) is 11.6 Å². The van der Waals surface area contributed by atoms with E-state index in [2.05, 4.69) is 17.6 Å². The highest BCUT2D eigenvalue weighted by Gasteiger charge is 2.26. The van der Waals surface area contributed by atoms with Gasteiger partial charge in [-0.1, -0.05) is 17.7 Å². The van der Waals surface area contributed by atoms with E-state index in [4.69, 9.17) is 11.6 Å². The van der Waals surface area contributed by atoms with Crippen molar-refractivity contribution in [3.05, 3.63) is 11.6 Å². The Balaban J connectivity index is 2.23. The third kappa shape index (κ3) is 2.81. The summed E-state index contributed by atoms with van der Waals surface area (Å²) in [5.41, 5.74) is 1.83. The van der Waals surface area contributed by atoms with E-state index in [1.54, 1.807) is 5.54 Å². The molecule has 0 bridgehead atoms. The van der Waals surface area contributed by atoms with E-state index >= 15 is 0 Å². The summed E-state index contributed by atoms with van der Waals surface area (Å²) in [6.45, 7) is 5.27. The van der Waals surface area contributed by atoms with Gasteiger partial charge < -0.3 is 10.6 Å². The van der Waals surface area contributed by atoms with Crippen LogP contribution in [0, 0.1) is 0 Å². The van der Waals surface area contributed by atoms with Gasteiger partial charge in [-0.2, -0.15) is 0 Å². The van der Waals surface area contributed by atoms with E-state index < -0.39 is 0 Å². The van der Waals surface area contributed by atoms with Crippen LogP contribution in [-0.4, -0.2) is 25.2 Å². The van der Waals surface area contributed by atoms with E-state index in [9.17, 15) is 0 Å². The number of halogens is 1. The van der Waals surface area contributed by atoms with Crippen molar-refractivity contribution in [3.63, 3.8) is 0 Å². The second kappa shape index (κ2) is 4.10. The average Bonchev–Trinajstić information content (AvgIpc) is 2.38. The Hall–Kier alpha value is -0.0500. The molecular formula is C8H15ClN2. The largest absolute Gasteiger partial charge is 0.315 e. The van der Waals surface area contributed by atoms with Crippen LogP contribution in [0.2, 0.25) is 0 Å². The molecule has 0 spiro atoms. The van der Waals surface area contributed by atoms with Gasteiger partial charge in [0.2, 0.25) is 0 Å². The number of nitrogens with one attached hydrogen (secondary N) is 2. The van der Waals surface area contributed by atoms with Crippen LogP contribution in [0.5, 0.6) is 0 Å². The molecule has 2 nitrogen and oxygen atoms in total. The lowest BCUT2D eigenvalue weighted by molar-refractivity contribution is 0.407. The van der Waals surface area contributed by atoms with Crippen LogP contribution < -0.4 is 10.6 Å². The Morgan fingerprint density at radius 2 is 2.55 bits per heavy atom. The Bertz CT molecular complexity index is 139. The number of hydrogen-bond acceptors (Lipinski definition) is 2. The van der Waals surface area contributed by atoms with Crippen LogP contribution in [0.25, 0.3) is 0 Å². The van der Waals surface area contributed by atoms with Gasteiger partial charge in [0.25, 0.3) is 0 Å². The lowest BCUT2D eigenvalue weighted by Crippen LogP contribution is -2.44. The molecule has 1 unspecified atom stereocenters. The predicted octanol–water partition coefficient (Wildman–Crippen LogP) is 1.08. The van der Waals surface area contributed by atoms with Gasteiger partial charge in [0.05, 0.1) is 0 Å². The molecule has 64 valence electrons. The van der Waals surface area contributed by atoms with Crippen molar-refractivity contribution < 1.29 is 0 Å². The van der Waals surface area contributed by atoms with Gasteiger partial charge in [-0.05, 0) is 19.9 Å². The Labute approximate surface area is 73.0 Å². The van der Waals surface area contributed by atoms with E-state index in [1.807, 2.05) is 6.08 Å². The molecule has 0 radical (unpaired) electrons. The summed E-state index contributed by atoms with van der Waals surface area (Å²) >= 11 is 5.40. The van der Waals surface area contributed by atoms with Gasteiger partial charge in [0, 0.05) is 24.2 Å². The molecule has 1 fully saturated rings. The van der Waals surface area contributed by atoms with Crippen LogP contribution in [0.1, 0.15) is 13.3 Å². The maximum absolute atomic E-state index is 5.40. The molecular weight excluding hydrogens is 160 g/mol. The standard InChI is InChI=1S/C8H15ClN2/c1-8(3-6-10-7-8)11-5-2-4-9/h2,4,10-11H,3,5-7H2,1H3/b4-2+. The summed E-state index contributed by atoms with van der Waals surface area (Å²) in [5.74, 6) is 0. The average molecular weight is 175 g/mol. The SMILES string of the molecule is CC1(NC/C=C/Cl)CCNC1. The van der Waals surface area contributed by atoms with Gasteiger partial charge in [-0.25, -0.2) is 0 Å². The molecule has 1 atom stereocenters. The second-order valence-electron chi connectivity index (χ2n) is 3.23. The molecule has 1 aliphatic rings. The van der Waals surface area contributed by atoms with Gasteiger partial charge in [-0.3, -0.25) is 0 Å².